The first-order chi connectivity index (χ1) is 28.3. The van der Waals surface area contributed by atoms with Gasteiger partial charge in [0.2, 0.25) is 11.8 Å². The minimum Gasteiger partial charge on any atom is -0.504 e. The van der Waals surface area contributed by atoms with Crippen LogP contribution in [0.3, 0.4) is 0 Å². The number of carbonyl (C=O) groups excluding carboxylic acids is 4. The number of aromatic nitrogens is 2. The van der Waals surface area contributed by atoms with Gasteiger partial charge in [-0.3, -0.25) is 24.6 Å². The summed E-state index contributed by atoms with van der Waals surface area (Å²) in [5.74, 6) is -1.22. The second kappa shape index (κ2) is 14.9. The molecule has 7 heterocycles. The third-order valence-electron chi connectivity index (χ3n) is 13.3. The van der Waals surface area contributed by atoms with E-state index in [1.807, 2.05) is 21.9 Å². The van der Waals surface area contributed by atoms with Crippen molar-refractivity contribution in [2.24, 2.45) is 5.92 Å². The largest absolute Gasteiger partial charge is 0.504 e. The zero-order valence-corrected chi connectivity index (χ0v) is 33.4. The Hall–Kier alpha value is -5.58. The maximum absolute atomic E-state index is 15.2. The van der Waals surface area contributed by atoms with Gasteiger partial charge in [-0.1, -0.05) is 12.1 Å². The van der Waals surface area contributed by atoms with Crippen LogP contribution < -0.4 is 20.4 Å². The molecule has 0 bridgehead atoms. The fraction of sp³-hybridized carbons (Fsp3) is 0.524. The summed E-state index contributed by atoms with van der Waals surface area (Å²) in [7, 11) is 0. The number of alkyl halides is 1. The summed E-state index contributed by atoms with van der Waals surface area (Å²) in [6, 6.07) is 11.1. The number of hydrogen-bond donors (Lipinski definition) is 3. The van der Waals surface area contributed by atoms with Crippen LogP contribution in [0.5, 0.6) is 5.75 Å². The van der Waals surface area contributed by atoms with Crippen LogP contribution >= 0.6 is 0 Å². The summed E-state index contributed by atoms with van der Waals surface area (Å²) in [5.41, 5.74) is 2.07. The molecule has 15 nitrogen and oxygen atoms in total. The molecule has 17 heteroatoms. The molecule has 6 aliphatic rings. The highest BCUT2D eigenvalue weighted by Gasteiger charge is 2.49. The summed E-state index contributed by atoms with van der Waals surface area (Å²) in [4.78, 5) is 63.8. The van der Waals surface area contributed by atoms with Crippen molar-refractivity contribution in [2.45, 2.75) is 63.2 Å². The number of hydrogen-bond acceptors (Lipinski definition) is 11. The highest BCUT2D eigenvalue weighted by Crippen LogP contribution is 2.41. The number of nitrogens with zero attached hydrogens (tertiary/aromatic N) is 8. The monoisotopic (exact) mass is 812 g/mol. The molecule has 9 rings (SSSR count). The molecule has 59 heavy (non-hydrogen) atoms. The Morgan fingerprint density at radius 2 is 1.76 bits per heavy atom. The smallest absolute Gasteiger partial charge is 0.320 e. The van der Waals surface area contributed by atoms with E-state index < -0.39 is 41.3 Å². The molecule has 3 N–H and O–H groups in total. The number of piperazine rings is 2. The lowest BCUT2D eigenvalue weighted by Gasteiger charge is -2.55. The summed E-state index contributed by atoms with van der Waals surface area (Å²) >= 11 is 0. The van der Waals surface area contributed by atoms with E-state index in [0.29, 0.717) is 62.1 Å². The first-order valence-electron chi connectivity index (χ1n) is 20.6. The number of imide groups is 1. The summed E-state index contributed by atoms with van der Waals surface area (Å²) < 4.78 is 29.4. The van der Waals surface area contributed by atoms with Crippen LogP contribution in [0.4, 0.5) is 30.8 Å². The summed E-state index contributed by atoms with van der Waals surface area (Å²) in [5, 5.41) is 24.4. The average molecular weight is 813 g/mol. The van der Waals surface area contributed by atoms with E-state index in [1.165, 1.54) is 6.07 Å². The third kappa shape index (κ3) is 6.96. The van der Waals surface area contributed by atoms with Crippen molar-refractivity contribution in [1.82, 2.24) is 35.1 Å². The van der Waals surface area contributed by atoms with Gasteiger partial charge in [0, 0.05) is 95.2 Å². The minimum absolute atomic E-state index is 0.104. The molecular formula is C42H50F2N10O5. The van der Waals surface area contributed by atoms with Gasteiger partial charge in [0.15, 0.2) is 17.4 Å². The molecule has 0 saturated carbocycles. The van der Waals surface area contributed by atoms with Gasteiger partial charge in [0.05, 0.1) is 16.9 Å². The van der Waals surface area contributed by atoms with Crippen molar-refractivity contribution < 1.29 is 33.1 Å². The Kier molecular flexibility index (Phi) is 9.83. The topological polar surface area (TPSA) is 158 Å². The molecule has 312 valence electrons. The molecule has 1 aromatic heterocycles. The highest BCUT2D eigenvalue weighted by atomic mass is 19.1. The molecule has 5 amide bonds. The summed E-state index contributed by atoms with van der Waals surface area (Å²) in [6.07, 6.45) is 2.56. The second-order valence-corrected chi connectivity index (χ2v) is 17.5. The Balaban J connectivity index is 0.792. The number of amides is 5. The Bertz CT molecular complexity index is 2200. The molecule has 0 unspecified atom stereocenters. The number of fused-ring (bicyclic) bond motifs is 4. The number of phenols is 1. The van der Waals surface area contributed by atoms with Crippen molar-refractivity contribution in [3.05, 3.63) is 59.4 Å². The normalized spacial score (nSPS) is 24.7. The number of rotatable bonds is 6. The number of aromatic hydroxyl groups is 1. The number of phenolic OH excluding ortho intramolecular Hbond substituents is 1. The minimum atomic E-state index is -1.04. The lowest BCUT2D eigenvalue weighted by atomic mass is 9.91. The first-order valence-corrected chi connectivity index (χ1v) is 20.6. The van der Waals surface area contributed by atoms with Crippen molar-refractivity contribution in [3.63, 3.8) is 0 Å². The van der Waals surface area contributed by atoms with Gasteiger partial charge in [0.1, 0.15) is 18.3 Å². The van der Waals surface area contributed by atoms with E-state index >= 15 is 4.39 Å². The molecule has 0 aliphatic carbocycles. The van der Waals surface area contributed by atoms with Crippen LogP contribution in [0.2, 0.25) is 0 Å². The number of para-hydroxylation sites is 1. The van der Waals surface area contributed by atoms with Gasteiger partial charge >= 0.3 is 6.03 Å². The highest BCUT2D eigenvalue weighted by molar-refractivity contribution is 6.05. The molecule has 2 aromatic carbocycles. The molecule has 2 atom stereocenters. The van der Waals surface area contributed by atoms with Crippen LogP contribution in [0.25, 0.3) is 11.3 Å². The van der Waals surface area contributed by atoms with Crippen LogP contribution in [0, 0.1) is 11.7 Å². The third-order valence-corrected chi connectivity index (χ3v) is 13.3. The summed E-state index contributed by atoms with van der Waals surface area (Å²) in [6.45, 7) is 9.65. The standard InChI is InChI=1S/C42H50F2N10O5/c1-41(2)24-49(20-26-10-12-50(13-11-26)28-7-6-27-21-52(39(58)30(27)18-28)33-8-9-35(55)46-38(33)57)14-16-54(41)40(59)51-15-17-53-34-19-32(29-4-3-5-31(44)36(29)56)47-48-37(34)45-23-42(53,22-43)25-51/h3-7,18-19,26,33,56H,8-17,20-25H2,1-2H3,(H,45,48)(H,46,55,57)/t33-,42-/m1/s1. The van der Waals surface area contributed by atoms with Crippen molar-refractivity contribution >= 4 is 40.9 Å². The fourth-order valence-corrected chi connectivity index (χ4v) is 10.1. The average Bonchev–Trinajstić information content (AvgIpc) is 3.55. The molecule has 4 fully saturated rings. The van der Waals surface area contributed by atoms with Crippen molar-refractivity contribution in [1.29, 1.82) is 0 Å². The number of piperidine rings is 2. The van der Waals surface area contributed by atoms with Crippen molar-refractivity contribution in [3.8, 4) is 17.0 Å². The number of anilines is 3. The van der Waals surface area contributed by atoms with Crippen molar-refractivity contribution in [2.75, 3.05) is 87.2 Å². The fourth-order valence-electron chi connectivity index (χ4n) is 10.1. The zero-order chi connectivity index (χ0) is 41.2. The number of halogens is 2. The molecule has 0 radical (unpaired) electrons. The molecule has 3 aromatic rings. The van der Waals surface area contributed by atoms with Gasteiger partial charge < -0.3 is 34.9 Å². The van der Waals surface area contributed by atoms with E-state index in [9.17, 15) is 28.7 Å². The predicted octanol–water partition coefficient (Wildman–Crippen LogP) is 3.44. The number of carbonyl (C=O) groups is 4. The SMILES string of the molecule is CC1(C)CN(CC2CCN(c3ccc4c(c3)C(=O)N([C@@H]3CCC(=O)NC3=O)C4)CC2)CCN1C(=O)N1CCN2c3cc(-c4cccc(F)c4O)nnc3NC[C@]2(CF)C1. The lowest BCUT2D eigenvalue weighted by Crippen LogP contribution is -2.72. The second-order valence-electron chi connectivity index (χ2n) is 17.5. The van der Waals surface area contributed by atoms with Crippen LogP contribution in [0.15, 0.2) is 42.5 Å². The van der Waals surface area contributed by atoms with E-state index in [0.717, 1.165) is 56.3 Å². The predicted molar refractivity (Wildman–Crippen MR) is 215 cm³/mol. The van der Waals surface area contributed by atoms with Gasteiger partial charge in [-0.15, -0.1) is 10.2 Å². The zero-order valence-electron chi connectivity index (χ0n) is 33.4. The Morgan fingerprint density at radius 3 is 2.53 bits per heavy atom. The Morgan fingerprint density at radius 1 is 0.949 bits per heavy atom. The molecule has 4 saturated heterocycles. The quantitative estimate of drug-likeness (QED) is 0.314. The van der Waals surface area contributed by atoms with Gasteiger partial charge in [0.25, 0.3) is 5.91 Å². The van der Waals surface area contributed by atoms with E-state index in [2.05, 4.69) is 50.5 Å². The maximum atomic E-state index is 15.2. The van der Waals surface area contributed by atoms with Gasteiger partial charge in [-0.25, -0.2) is 13.6 Å². The van der Waals surface area contributed by atoms with Crippen LogP contribution in [-0.2, 0) is 16.1 Å². The molecular weight excluding hydrogens is 763 g/mol. The van der Waals surface area contributed by atoms with Gasteiger partial charge in [-0.2, -0.15) is 0 Å². The Labute approximate surface area is 341 Å². The number of benzene rings is 2. The lowest BCUT2D eigenvalue weighted by molar-refractivity contribution is -0.136. The molecule has 0 spiro atoms. The van der Waals surface area contributed by atoms with E-state index in [1.54, 1.807) is 21.9 Å². The number of urea groups is 1. The first kappa shape index (κ1) is 38.9. The van der Waals surface area contributed by atoms with Crippen LogP contribution in [0.1, 0.15) is 55.5 Å². The maximum Gasteiger partial charge on any atom is 0.320 e. The van der Waals surface area contributed by atoms with Crippen LogP contribution in [-0.4, -0.2) is 148 Å². The number of nitrogens with one attached hydrogen (secondary N) is 2. The van der Waals surface area contributed by atoms with E-state index in [4.69, 9.17) is 0 Å². The van der Waals surface area contributed by atoms with E-state index in [-0.39, 0.29) is 48.6 Å². The molecule has 6 aliphatic heterocycles. The van der Waals surface area contributed by atoms with Gasteiger partial charge in [-0.05, 0) is 74.9 Å².